The normalized spacial score (nSPS) is 34.1. The van der Waals surface area contributed by atoms with Gasteiger partial charge in [0.05, 0.1) is 13.2 Å². The number of carboxylic acids is 1. The van der Waals surface area contributed by atoms with E-state index < -0.39 is 11.4 Å². The zero-order valence-electron chi connectivity index (χ0n) is 10.4. The van der Waals surface area contributed by atoms with Crippen LogP contribution in [-0.2, 0) is 14.3 Å². The Balaban J connectivity index is 1.98. The van der Waals surface area contributed by atoms with Gasteiger partial charge in [-0.1, -0.05) is 0 Å². The number of ether oxygens (including phenoxy) is 2. The molecule has 2 rings (SSSR count). The van der Waals surface area contributed by atoms with Crippen LogP contribution in [0.15, 0.2) is 0 Å². The molecule has 2 aliphatic rings. The summed E-state index contributed by atoms with van der Waals surface area (Å²) < 4.78 is 10.7. The van der Waals surface area contributed by atoms with Crippen LogP contribution >= 0.6 is 0 Å². The van der Waals surface area contributed by atoms with E-state index in [1.54, 1.807) is 0 Å². The maximum atomic E-state index is 11.5. The molecule has 0 aliphatic carbocycles. The second kappa shape index (κ2) is 5.33. The molecule has 5 heteroatoms. The van der Waals surface area contributed by atoms with E-state index in [4.69, 9.17) is 9.47 Å². The molecular weight excluding hydrogens is 222 g/mol. The van der Waals surface area contributed by atoms with E-state index in [0.29, 0.717) is 38.8 Å². The highest BCUT2D eigenvalue weighted by atomic mass is 16.5. The minimum Gasteiger partial charge on any atom is -0.481 e. The number of nitrogens with zero attached hydrogens (tertiary/aromatic N) is 1. The van der Waals surface area contributed by atoms with E-state index in [9.17, 15) is 9.90 Å². The summed E-state index contributed by atoms with van der Waals surface area (Å²) in [6, 6.07) is 0.355. The fourth-order valence-electron chi connectivity index (χ4n) is 2.69. The summed E-state index contributed by atoms with van der Waals surface area (Å²) in [6.07, 6.45) is 2.54. The summed E-state index contributed by atoms with van der Waals surface area (Å²) in [6.45, 7) is 3.07. The summed E-state index contributed by atoms with van der Waals surface area (Å²) >= 11 is 0. The molecule has 0 amide bonds. The lowest BCUT2D eigenvalue weighted by Gasteiger charge is -2.37. The molecule has 2 aliphatic heterocycles. The maximum Gasteiger partial charge on any atom is 0.313 e. The number of carboxylic acid groups (broad SMARTS) is 1. The number of carbonyl (C=O) groups is 1. The number of hydrogen-bond acceptors (Lipinski definition) is 4. The Morgan fingerprint density at radius 2 is 2.29 bits per heavy atom. The molecule has 1 N–H and O–H groups in total. The van der Waals surface area contributed by atoms with Crippen molar-refractivity contribution in [1.29, 1.82) is 0 Å². The molecule has 2 heterocycles. The van der Waals surface area contributed by atoms with Gasteiger partial charge in [0.25, 0.3) is 0 Å². The van der Waals surface area contributed by atoms with Crippen molar-refractivity contribution in [2.75, 3.05) is 40.0 Å². The highest BCUT2D eigenvalue weighted by Gasteiger charge is 2.42. The molecule has 0 aromatic rings. The van der Waals surface area contributed by atoms with Crippen molar-refractivity contribution in [1.82, 2.24) is 4.90 Å². The predicted molar refractivity (Wildman–Crippen MR) is 62.0 cm³/mol. The number of likely N-dealkylation sites (N-methyl/N-ethyl adjacent to an activating group) is 1. The molecule has 2 saturated heterocycles. The number of aliphatic carboxylic acids is 1. The van der Waals surface area contributed by atoms with E-state index in [1.807, 2.05) is 7.05 Å². The highest BCUT2D eigenvalue weighted by molar-refractivity contribution is 5.75. The fraction of sp³-hybridized carbons (Fsp3) is 0.917. The van der Waals surface area contributed by atoms with Crippen LogP contribution in [0.4, 0.5) is 0 Å². The SMILES string of the molecule is CN(CC1(C(=O)O)CCCOC1)C1CCOC1. The molecule has 0 spiro atoms. The highest BCUT2D eigenvalue weighted by Crippen LogP contribution is 2.31. The van der Waals surface area contributed by atoms with Crippen molar-refractivity contribution in [3.63, 3.8) is 0 Å². The molecule has 2 fully saturated rings. The van der Waals surface area contributed by atoms with Gasteiger partial charge >= 0.3 is 5.97 Å². The largest absolute Gasteiger partial charge is 0.481 e. The van der Waals surface area contributed by atoms with Gasteiger partial charge in [-0.3, -0.25) is 9.69 Å². The molecule has 0 aromatic heterocycles. The minimum absolute atomic E-state index is 0.334. The standard InChI is InChI=1S/C12H21NO4/c1-13(10-3-6-16-7-10)8-12(11(14)15)4-2-5-17-9-12/h10H,2-9H2,1H3,(H,14,15). The van der Waals surface area contributed by atoms with Crippen molar-refractivity contribution in [3.05, 3.63) is 0 Å². The Morgan fingerprint density at radius 1 is 1.47 bits per heavy atom. The summed E-state index contributed by atoms with van der Waals surface area (Å²) in [5.74, 6) is -0.733. The van der Waals surface area contributed by atoms with Gasteiger partial charge in [-0.25, -0.2) is 0 Å². The fourth-order valence-corrected chi connectivity index (χ4v) is 2.69. The lowest BCUT2D eigenvalue weighted by Crippen LogP contribution is -2.50. The van der Waals surface area contributed by atoms with Crippen LogP contribution in [-0.4, -0.2) is 62.0 Å². The van der Waals surface area contributed by atoms with Crippen LogP contribution in [0.5, 0.6) is 0 Å². The maximum absolute atomic E-state index is 11.5. The van der Waals surface area contributed by atoms with Crippen molar-refractivity contribution in [3.8, 4) is 0 Å². The number of rotatable bonds is 4. The first-order chi connectivity index (χ1) is 8.14. The van der Waals surface area contributed by atoms with Crippen LogP contribution in [0, 0.1) is 5.41 Å². The molecule has 2 unspecified atom stereocenters. The lowest BCUT2D eigenvalue weighted by atomic mass is 9.82. The van der Waals surface area contributed by atoms with Crippen LogP contribution in [0.2, 0.25) is 0 Å². The van der Waals surface area contributed by atoms with Gasteiger partial charge in [0.2, 0.25) is 0 Å². The Morgan fingerprint density at radius 3 is 2.82 bits per heavy atom. The first-order valence-electron chi connectivity index (χ1n) is 6.23. The Bertz CT molecular complexity index is 270. The molecule has 0 aromatic carbocycles. The molecule has 2 atom stereocenters. The van der Waals surface area contributed by atoms with Crippen molar-refractivity contribution >= 4 is 5.97 Å². The van der Waals surface area contributed by atoms with Crippen molar-refractivity contribution < 1.29 is 19.4 Å². The van der Waals surface area contributed by atoms with Gasteiger partial charge in [0.15, 0.2) is 0 Å². The van der Waals surface area contributed by atoms with Gasteiger partial charge in [-0.15, -0.1) is 0 Å². The zero-order valence-corrected chi connectivity index (χ0v) is 10.4. The second-order valence-electron chi connectivity index (χ2n) is 5.17. The van der Waals surface area contributed by atoms with E-state index in [-0.39, 0.29) is 0 Å². The minimum atomic E-state index is -0.733. The second-order valence-corrected chi connectivity index (χ2v) is 5.17. The van der Waals surface area contributed by atoms with Gasteiger partial charge < -0.3 is 14.6 Å². The average Bonchev–Trinajstić information content (AvgIpc) is 2.83. The molecule has 0 radical (unpaired) electrons. The van der Waals surface area contributed by atoms with E-state index in [0.717, 1.165) is 19.4 Å². The first kappa shape index (κ1) is 12.8. The lowest BCUT2D eigenvalue weighted by molar-refractivity contribution is -0.159. The van der Waals surface area contributed by atoms with Crippen molar-refractivity contribution in [2.45, 2.75) is 25.3 Å². The van der Waals surface area contributed by atoms with Crippen LogP contribution in [0.25, 0.3) is 0 Å². The first-order valence-corrected chi connectivity index (χ1v) is 6.23. The number of hydrogen-bond donors (Lipinski definition) is 1. The molecule has 17 heavy (non-hydrogen) atoms. The average molecular weight is 243 g/mol. The van der Waals surface area contributed by atoms with Gasteiger partial charge in [0.1, 0.15) is 5.41 Å². The Hall–Kier alpha value is -0.650. The summed E-state index contributed by atoms with van der Waals surface area (Å²) in [5, 5.41) is 9.44. The Kier molecular flexibility index (Phi) is 4.01. The Labute approximate surface area is 102 Å². The van der Waals surface area contributed by atoms with Gasteiger partial charge in [-0.2, -0.15) is 0 Å². The zero-order chi connectivity index (χ0) is 12.3. The summed E-state index contributed by atoms with van der Waals surface area (Å²) in [5.41, 5.74) is -0.727. The van der Waals surface area contributed by atoms with Gasteiger partial charge in [0, 0.05) is 25.8 Å². The molecule has 98 valence electrons. The van der Waals surface area contributed by atoms with Crippen LogP contribution in [0.1, 0.15) is 19.3 Å². The molecule has 0 bridgehead atoms. The monoisotopic (exact) mass is 243 g/mol. The van der Waals surface area contributed by atoms with E-state index in [1.165, 1.54) is 0 Å². The van der Waals surface area contributed by atoms with E-state index in [2.05, 4.69) is 4.90 Å². The van der Waals surface area contributed by atoms with E-state index >= 15 is 0 Å². The predicted octanol–water partition coefficient (Wildman–Crippen LogP) is 0.589. The van der Waals surface area contributed by atoms with Gasteiger partial charge in [-0.05, 0) is 26.3 Å². The molecule has 0 saturated carbocycles. The third-order valence-electron chi connectivity index (χ3n) is 3.86. The third kappa shape index (κ3) is 2.78. The van der Waals surface area contributed by atoms with Crippen LogP contribution in [0.3, 0.4) is 0 Å². The molecule has 5 nitrogen and oxygen atoms in total. The summed E-state index contributed by atoms with van der Waals surface area (Å²) in [7, 11) is 1.98. The van der Waals surface area contributed by atoms with Crippen molar-refractivity contribution in [2.24, 2.45) is 5.41 Å². The smallest absolute Gasteiger partial charge is 0.313 e. The topological polar surface area (TPSA) is 59.0 Å². The molecular formula is C12H21NO4. The van der Waals surface area contributed by atoms with Crippen LogP contribution < -0.4 is 0 Å². The summed E-state index contributed by atoms with van der Waals surface area (Å²) in [4.78, 5) is 13.6. The third-order valence-corrected chi connectivity index (χ3v) is 3.86. The quantitative estimate of drug-likeness (QED) is 0.783.